The zero-order valence-corrected chi connectivity index (χ0v) is 27.5. The van der Waals surface area contributed by atoms with Crippen LogP contribution < -0.4 is 11.1 Å². The summed E-state index contributed by atoms with van der Waals surface area (Å²) in [6.45, 7) is 12.4. The van der Waals surface area contributed by atoms with Crippen molar-refractivity contribution >= 4 is 52.3 Å². The van der Waals surface area contributed by atoms with Crippen molar-refractivity contribution in [2.75, 3.05) is 16.8 Å². The van der Waals surface area contributed by atoms with Crippen LogP contribution in [0.1, 0.15) is 59.8 Å². The summed E-state index contributed by atoms with van der Waals surface area (Å²) in [6, 6.07) is 8.52. The summed E-state index contributed by atoms with van der Waals surface area (Å²) in [4.78, 5) is 53.2. The van der Waals surface area contributed by atoms with Gasteiger partial charge in [0, 0.05) is 28.9 Å². The summed E-state index contributed by atoms with van der Waals surface area (Å²) >= 11 is 1.10. The zero-order chi connectivity index (χ0) is 33.0. The largest absolute Gasteiger partial charge is 0.461 e. The number of carbonyl (C=O) groups excluding carboxylic acids is 3. The van der Waals surface area contributed by atoms with Gasteiger partial charge in [0.05, 0.1) is 11.9 Å². The first kappa shape index (κ1) is 32.2. The van der Waals surface area contributed by atoms with Gasteiger partial charge in [-0.2, -0.15) is 4.98 Å². The van der Waals surface area contributed by atoms with Gasteiger partial charge in [-0.1, -0.05) is 63.7 Å². The minimum atomic E-state index is -0.738. The number of nitrogens with zero attached hydrogens (tertiary/aromatic N) is 4. The first-order valence-electron chi connectivity index (χ1n) is 15.9. The van der Waals surface area contributed by atoms with Crippen LogP contribution in [-0.2, 0) is 14.3 Å². The molecule has 6 rings (SSSR count). The van der Waals surface area contributed by atoms with Crippen LogP contribution in [0.15, 0.2) is 54.3 Å². The number of thioether (sulfide) groups is 1. The van der Waals surface area contributed by atoms with E-state index in [4.69, 9.17) is 10.5 Å². The summed E-state index contributed by atoms with van der Waals surface area (Å²) in [5, 5.41) is 14.9. The van der Waals surface area contributed by atoms with E-state index in [2.05, 4.69) is 47.6 Å². The molecule has 2 aromatic heterocycles. The second kappa shape index (κ2) is 11.8. The van der Waals surface area contributed by atoms with Crippen LogP contribution in [0.4, 0.5) is 16.4 Å². The Morgan fingerprint density at radius 1 is 1.22 bits per heavy atom. The van der Waals surface area contributed by atoms with E-state index in [1.54, 1.807) is 18.2 Å². The van der Waals surface area contributed by atoms with Gasteiger partial charge in [0.1, 0.15) is 28.8 Å². The summed E-state index contributed by atoms with van der Waals surface area (Å²) in [7, 11) is 0. The lowest BCUT2D eigenvalue weighted by Gasteiger charge is -2.61. The van der Waals surface area contributed by atoms with Crippen molar-refractivity contribution in [1.82, 2.24) is 19.5 Å². The number of imidazole rings is 1. The van der Waals surface area contributed by atoms with Crippen LogP contribution in [-0.4, -0.2) is 60.4 Å². The smallest absolute Gasteiger partial charge is 0.332 e. The Balaban J connectivity index is 1.26. The molecule has 4 N–H and O–H groups in total. The lowest BCUT2D eigenvalue weighted by molar-refractivity contribution is -0.205. The Kier molecular flexibility index (Phi) is 8.25. The Labute approximate surface area is 272 Å². The van der Waals surface area contributed by atoms with Crippen LogP contribution in [0.25, 0.3) is 11.2 Å². The molecule has 3 saturated carbocycles. The van der Waals surface area contributed by atoms with E-state index < -0.39 is 35.0 Å². The predicted molar refractivity (Wildman–Crippen MR) is 176 cm³/mol. The number of anilines is 2. The number of hydrogen-bond acceptors (Lipinski definition) is 10. The molecule has 2 heterocycles. The zero-order valence-electron chi connectivity index (χ0n) is 26.7. The van der Waals surface area contributed by atoms with E-state index >= 15 is 0 Å². The quantitative estimate of drug-likeness (QED) is 0.135. The fraction of sp³-hybridized carbons (Fsp3) is 0.529. The van der Waals surface area contributed by atoms with Crippen LogP contribution >= 0.6 is 11.8 Å². The molecule has 0 radical (unpaired) electrons. The van der Waals surface area contributed by atoms with Gasteiger partial charge >= 0.3 is 12.0 Å². The molecule has 8 atom stereocenters. The van der Waals surface area contributed by atoms with E-state index in [1.165, 1.54) is 10.9 Å². The van der Waals surface area contributed by atoms with Crippen LogP contribution in [0.5, 0.6) is 0 Å². The van der Waals surface area contributed by atoms with Crippen molar-refractivity contribution in [3.63, 3.8) is 0 Å². The molecule has 0 spiro atoms. The molecule has 244 valence electrons. The lowest BCUT2D eigenvalue weighted by atomic mass is 9.44. The topological polar surface area (TPSA) is 162 Å². The molecule has 3 fully saturated rings. The van der Waals surface area contributed by atoms with Gasteiger partial charge in [0.15, 0.2) is 5.65 Å². The Morgan fingerprint density at radius 3 is 2.67 bits per heavy atom. The van der Waals surface area contributed by atoms with Gasteiger partial charge in [-0.3, -0.25) is 9.59 Å². The highest BCUT2D eigenvalue weighted by Gasteiger charge is 2.68. The first-order chi connectivity index (χ1) is 21.8. The van der Waals surface area contributed by atoms with Gasteiger partial charge in [0.2, 0.25) is 5.95 Å². The molecule has 3 aliphatic carbocycles. The van der Waals surface area contributed by atoms with E-state index in [1.807, 2.05) is 25.1 Å². The monoisotopic (exact) mass is 646 g/mol. The first-order valence-corrected chi connectivity index (χ1v) is 16.9. The maximum absolute atomic E-state index is 13.7. The number of fused-ring (bicyclic) bond motifs is 1. The standard InChI is InChI=1S/C34H42N6O5S/c1-6-32(4)16-23(33(5)19(2)12-14-34(20(3)27(32)43)15-13-22(41)26(33)34)45-24(42)17-46-29-25-28(38-30(35)39-29)40(18-36-25)31(44)37-21-10-8-7-9-11-21/h6-11,18-20,23,26-27,43H,1,12-17H2,2-5H3,(H,37,44)(H2,35,38,39)/t19-,20+,23-,26?,27+,32-,33+,34+/m1/s1. The number of rotatable bonds is 6. The molecule has 3 aromatic rings. The molecule has 46 heavy (non-hydrogen) atoms. The minimum absolute atomic E-state index is 0.0675. The minimum Gasteiger partial charge on any atom is -0.461 e. The van der Waals surface area contributed by atoms with E-state index in [9.17, 15) is 19.5 Å². The SMILES string of the molecule is C=C[C@]1(C)C[C@@H](OC(=O)CSc2nc(N)nc3c2ncn3C(=O)Nc2ccccc2)[C@@]2(C)C3C(=O)CC[C@@]3(CC[C@H]2C)[C@@H](C)[C@@H]1O. The second-order valence-corrected chi connectivity index (χ2v) is 14.8. The number of para-hydroxylation sites is 1. The van der Waals surface area contributed by atoms with Crippen molar-refractivity contribution in [2.24, 2.45) is 34.0 Å². The number of Topliss-reactive ketones (excluding diaryl/α,β-unsaturated/α-hetero) is 1. The number of esters is 1. The van der Waals surface area contributed by atoms with Crippen molar-refractivity contribution in [3.8, 4) is 0 Å². The molecular formula is C34H42N6O5S. The third-order valence-electron chi connectivity index (χ3n) is 11.5. The Hall–Kier alpha value is -3.77. The molecule has 12 heteroatoms. The van der Waals surface area contributed by atoms with Crippen LogP contribution in [0.3, 0.4) is 0 Å². The van der Waals surface area contributed by atoms with Gasteiger partial charge in [-0.25, -0.2) is 19.3 Å². The van der Waals surface area contributed by atoms with Gasteiger partial charge in [-0.05, 0) is 55.1 Å². The number of carbonyl (C=O) groups is 3. The molecule has 11 nitrogen and oxygen atoms in total. The van der Waals surface area contributed by atoms with Crippen molar-refractivity contribution in [3.05, 3.63) is 49.3 Å². The summed E-state index contributed by atoms with van der Waals surface area (Å²) in [5.41, 5.74) is 5.48. The molecule has 0 aliphatic heterocycles. The molecule has 1 amide bonds. The number of nitrogen functional groups attached to an aromatic ring is 1. The molecular weight excluding hydrogens is 604 g/mol. The third-order valence-corrected chi connectivity index (χ3v) is 12.5. The maximum atomic E-state index is 13.7. The number of ketones is 1. The number of aliphatic hydroxyl groups is 1. The van der Waals surface area contributed by atoms with Gasteiger partial charge < -0.3 is 20.9 Å². The summed E-state index contributed by atoms with van der Waals surface area (Å²) < 4.78 is 7.60. The average molecular weight is 647 g/mol. The van der Waals surface area contributed by atoms with E-state index in [0.29, 0.717) is 29.1 Å². The number of ether oxygens (including phenoxy) is 1. The van der Waals surface area contributed by atoms with Crippen molar-refractivity contribution in [2.45, 2.75) is 77.0 Å². The summed E-state index contributed by atoms with van der Waals surface area (Å²) in [6.07, 6.45) is 5.09. The molecule has 2 bridgehead atoms. The van der Waals surface area contributed by atoms with Crippen molar-refractivity contribution < 1.29 is 24.2 Å². The molecule has 1 aromatic carbocycles. The third kappa shape index (κ3) is 5.10. The number of nitrogens with two attached hydrogens (primary N) is 1. The molecule has 0 saturated heterocycles. The average Bonchev–Trinajstić information content (AvgIpc) is 3.62. The number of hydrogen-bond donors (Lipinski definition) is 3. The van der Waals surface area contributed by atoms with Gasteiger partial charge in [-0.15, -0.1) is 6.58 Å². The summed E-state index contributed by atoms with van der Waals surface area (Å²) in [5.74, 6) is -0.735. The van der Waals surface area contributed by atoms with E-state index in [0.717, 1.165) is 31.0 Å². The highest BCUT2D eigenvalue weighted by atomic mass is 32.2. The highest BCUT2D eigenvalue weighted by Crippen LogP contribution is 2.68. The van der Waals surface area contributed by atoms with Crippen molar-refractivity contribution in [1.29, 1.82) is 0 Å². The lowest BCUT2D eigenvalue weighted by Crippen LogP contribution is -2.63. The predicted octanol–water partition coefficient (Wildman–Crippen LogP) is 5.49. The van der Waals surface area contributed by atoms with Crippen LogP contribution in [0.2, 0.25) is 0 Å². The van der Waals surface area contributed by atoms with Gasteiger partial charge in [0.25, 0.3) is 0 Å². The number of aliphatic hydroxyl groups excluding tert-OH is 1. The Bertz CT molecular complexity index is 1700. The fourth-order valence-electron chi connectivity index (χ4n) is 8.67. The normalized spacial score (nSPS) is 33.9. The maximum Gasteiger partial charge on any atom is 0.332 e. The van der Waals surface area contributed by atoms with E-state index in [-0.39, 0.29) is 46.3 Å². The molecule has 1 unspecified atom stereocenters. The van der Waals surface area contributed by atoms with Crippen LogP contribution in [0, 0.1) is 34.0 Å². The number of aromatic nitrogens is 4. The number of benzene rings is 1. The Morgan fingerprint density at radius 2 is 1.96 bits per heavy atom. The number of amides is 1. The highest BCUT2D eigenvalue weighted by molar-refractivity contribution is 8.00. The second-order valence-electron chi connectivity index (χ2n) is 13.8. The fourth-order valence-corrected chi connectivity index (χ4v) is 9.43. The molecule has 3 aliphatic rings. The number of nitrogens with one attached hydrogen (secondary N) is 1.